The van der Waals surface area contributed by atoms with Crippen LogP contribution in [0.4, 0.5) is 5.69 Å². The van der Waals surface area contributed by atoms with Crippen LogP contribution in [-0.2, 0) is 0 Å². The third-order valence-corrected chi connectivity index (χ3v) is 3.40. The molecule has 6 heteroatoms. The Hall–Kier alpha value is -3.28. The van der Waals surface area contributed by atoms with Gasteiger partial charge in [-0.2, -0.15) is 10.2 Å². The molecule has 0 radical (unpaired) electrons. The lowest BCUT2D eigenvalue weighted by atomic mass is 10.2. The van der Waals surface area contributed by atoms with E-state index in [4.69, 9.17) is 4.74 Å². The molecule has 0 unspecified atom stereocenters. The molecule has 3 aromatic rings. The Labute approximate surface area is 140 Å². The zero-order chi connectivity index (χ0) is 16.8. The second kappa shape index (κ2) is 7.32. The van der Waals surface area contributed by atoms with E-state index in [1.165, 1.54) is 0 Å². The highest BCUT2D eigenvalue weighted by Crippen LogP contribution is 2.16. The van der Waals surface area contributed by atoms with Gasteiger partial charge in [0.2, 0.25) is 0 Å². The van der Waals surface area contributed by atoms with Crippen LogP contribution in [0.15, 0.2) is 65.9 Å². The summed E-state index contributed by atoms with van der Waals surface area (Å²) in [4.78, 5) is 4.52. The second-order valence-electron chi connectivity index (χ2n) is 5.07. The van der Waals surface area contributed by atoms with Gasteiger partial charge in [0.15, 0.2) is 5.82 Å². The number of hydrazone groups is 1. The van der Waals surface area contributed by atoms with Crippen molar-refractivity contribution in [3.05, 3.63) is 66.5 Å². The van der Waals surface area contributed by atoms with E-state index in [2.05, 4.69) is 25.7 Å². The average Bonchev–Trinajstić information content (AvgIpc) is 2.67. The van der Waals surface area contributed by atoms with E-state index in [0.29, 0.717) is 11.5 Å². The summed E-state index contributed by atoms with van der Waals surface area (Å²) in [5, 5.41) is 12.5. The molecule has 6 nitrogen and oxygen atoms in total. The number of methoxy groups -OCH3 is 1. The standard InChI is InChI=1S/C18H17N5O/c1-13(21-22-15-8-10-16(24-2)11-9-15)17-12-19-23-18(20-17)14-6-4-3-5-7-14/h3-12,22H,1-2H3/b21-13+. The summed E-state index contributed by atoms with van der Waals surface area (Å²) in [7, 11) is 1.64. The summed E-state index contributed by atoms with van der Waals surface area (Å²) in [6, 6.07) is 17.2. The molecule has 0 fully saturated rings. The van der Waals surface area contributed by atoms with E-state index < -0.39 is 0 Å². The van der Waals surface area contributed by atoms with E-state index in [9.17, 15) is 0 Å². The van der Waals surface area contributed by atoms with Crippen LogP contribution in [0.3, 0.4) is 0 Å². The topological polar surface area (TPSA) is 72.3 Å². The molecule has 3 rings (SSSR count). The van der Waals surface area contributed by atoms with Crippen LogP contribution in [-0.4, -0.2) is 28.0 Å². The van der Waals surface area contributed by atoms with Gasteiger partial charge in [0.1, 0.15) is 11.4 Å². The highest BCUT2D eigenvalue weighted by Gasteiger charge is 2.06. The Balaban J connectivity index is 1.77. The number of rotatable bonds is 5. The number of nitrogens with zero attached hydrogens (tertiary/aromatic N) is 4. The molecule has 1 aromatic heterocycles. The number of aromatic nitrogens is 3. The van der Waals surface area contributed by atoms with Crippen molar-refractivity contribution in [3.8, 4) is 17.1 Å². The number of nitrogens with one attached hydrogen (secondary N) is 1. The molecule has 0 amide bonds. The molecule has 0 saturated heterocycles. The fourth-order valence-corrected chi connectivity index (χ4v) is 2.06. The molecule has 120 valence electrons. The predicted octanol–water partition coefficient (Wildman–Crippen LogP) is 3.38. The zero-order valence-electron chi connectivity index (χ0n) is 13.5. The Kier molecular flexibility index (Phi) is 4.76. The van der Waals surface area contributed by atoms with Crippen LogP contribution in [0, 0.1) is 0 Å². The van der Waals surface area contributed by atoms with Gasteiger partial charge in [0.05, 0.1) is 24.7 Å². The average molecular weight is 319 g/mol. The van der Waals surface area contributed by atoms with Crippen LogP contribution < -0.4 is 10.2 Å². The summed E-state index contributed by atoms with van der Waals surface area (Å²) < 4.78 is 5.13. The minimum Gasteiger partial charge on any atom is -0.497 e. The normalized spacial score (nSPS) is 11.2. The fourth-order valence-electron chi connectivity index (χ4n) is 2.06. The number of hydrogen-bond acceptors (Lipinski definition) is 6. The number of hydrogen-bond donors (Lipinski definition) is 1. The van der Waals surface area contributed by atoms with Crippen molar-refractivity contribution in [1.82, 2.24) is 15.2 Å². The van der Waals surface area contributed by atoms with E-state index in [0.717, 1.165) is 22.7 Å². The molecule has 0 atom stereocenters. The van der Waals surface area contributed by atoms with E-state index >= 15 is 0 Å². The Morgan fingerprint density at radius 3 is 2.50 bits per heavy atom. The zero-order valence-corrected chi connectivity index (χ0v) is 13.5. The maximum Gasteiger partial charge on any atom is 0.182 e. The highest BCUT2D eigenvalue weighted by molar-refractivity contribution is 5.97. The molecule has 0 aliphatic rings. The molecule has 0 spiro atoms. The van der Waals surface area contributed by atoms with Gasteiger partial charge in [0.25, 0.3) is 0 Å². The lowest BCUT2D eigenvalue weighted by Gasteiger charge is -2.05. The summed E-state index contributed by atoms with van der Waals surface area (Å²) in [6.45, 7) is 1.87. The molecular weight excluding hydrogens is 302 g/mol. The van der Waals surface area contributed by atoms with Gasteiger partial charge in [-0.05, 0) is 31.2 Å². The van der Waals surface area contributed by atoms with Gasteiger partial charge in [-0.15, -0.1) is 5.10 Å². The lowest BCUT2D eigenvalue weighted by Crippen LogP contribution is -2.05. The van der Waals surface area contributed by atoms with Gasteiger partial charge in [-0.1, -0.05) is 30.3 Å². The first-order valence-electron chi connectivity index (χ1n) is 7.46. The molecule has 24 heavy (non-hydrogen) atoms. The van der Waals surface area contributed by atoms with Gasteiger partial charge < -0.3 is 4.74 Å². The van der Waals surface area contributed by atoms with Crippen molar-refractivity contribution >= 4 is 11.4 Å². The highest BCUT2D eigenvalue weighted by atomic mass is 16.5. The molecule has 0 saturated carbocycles. The predicted molar refractivity (Wildman–Crippen MR) is 94.1 cm³/mol. The Morgan fingerprint density at radius 1 is 1.04 bits per heavy atom. The maximum absolute atomic E-state index is 5.13. The first-order valence-corrected chi connectivity index (χ1v) is 7.46. The summed E-state index contributed by atoms with van der Waals surface area (Å²) in [6.07, 6.45) is 1.60. The van der Waals surface area contributed by atoms with Crippen LogP contribution in [0.5, 0.6) is 5.75 Å². The van der Waals surface area contributed by atoms with Gasteiger partial charge in [-0.25, -0.2) is 4.98 Å². The monoisotopic (exact) mass is 319 g/mol. The Bertz CT molecular complexity index is 832. The van der Waals surface area contributed by atoms with Crippen molar-refractivity contribution in [2.45, 2.75) is 6.92 Å². The summed E-state index contributed by atoms with van der Waals surface area (Å²) >= 11 is 0. The molecule has 0 aliphatic carbocycles. The quantitative estimate of drug-likeness (QED) is 0.576. The van der Waals surface area contributed by atoms with Crippen molar-refractivity contribution < 1.29 is 4.74 Å². The van der Waals surface area contributed by atoms with Gasteiger partial charge in [-0.3, -0.25) is 5.43 Å². The molecule has 0 aliphatic heterocycles. The third-order valence-electron chi connectivity index (χ3n) is 3.40. The van der Waals surface area contributed by atoms with Gasteiger partial charge in [0, 0.05) is 5.56 Å². The fraction of sp³-hybridized carbons (Fsp3) is 0.111. The van der Waals surface area contributed by atoms with Crippen LogP contribution in [0.1, 0.15) is 12.6 Å². The van der Waals surface area contributed by atoms with Gasteiger partial charge >= 0.3 is 0 Å². The number of benzene rings is 2. The van der Waals surface area contributed by atoms with Crippen LogP contribution >= 0.6 is 0 Å². The number of anilines is 1. The number of ether oxygens (including phenoxy) is 1. The smallest absolute Gasteiger partial charge is 0.182 e. The molecule has 1 heterocycles. The van der Waals surface area contributed by atoms with Crippen molar-refractivity contribution in [2.24, 2.45) is 5.10 Å². The largest absolute Gasteiger partial charge is 0.497 e. The van der Waals surface area contributed by atoms with Crippen molar-refractivity contribution in [2.75, 3.05) is 12.5 Å². The van der Waals surface area contributed by atoms with E-state index in [-0.39, 0.29) is 0 Å². The minimum atomic E-state index is 0.576. The van der Waals surface area contributed by atoms with E-state index in [1.54, 1.807) is 13.3 Å². The minimum absolute atomic E-state index is 0.576. The van der Waals surface area contributed by atoms with Crippen LogP contribution in [0.2, 0.25) is 0 Å². The summed E-state index contributed by atoms with van der Waals surface area (Å²) in [5.74, 6) is 1.38. The maximum atomic E-state index is 5.13. The molecule has 2 aromatic carbocycles. The lowest BCUT2D eigenvalue weighted by molar-refractivity contribution is 0.415. The first kappa shape index (κ1) is 15.6. The Morgan fingerprint density at radius 2 is 1.79 bits per heavy atom. The molecule has 0 bridgehead atoms. The summed E-state index contributed by atoms with van der Waals surface area (Å²) in [5.41, 5.74) is 6.17. The third kappa shape index (κ3) is 3.73. The molecular formula is C18H17N5O. The SMILES string of the molecule is COc1ccc(N/N=C(\C)c2cnnc(-c3ccccc3)n2)cc1. The van der Waals surface area contributed by atoms with E-state index in [1.807, 2.05) is 61.5 Å². The second-order valence-corrected chi connectivity index (χ2v) is 5.07. The molecule has 1 N–H and O–H groups in total. The van der Waals surface area contributed by atoms with Crippen molar-refractivity contribution in [1.29, 1.82) is 0 Å². The van der Waals surface area contributed by atoms with Crippen molar-refractivity contribution in [3.63, 3.8) is 0 Å². The first-order chi connectivity index (χ1) is 11.8. The van der Waals surface area contributed by atoms with Crippen LogP contribution in [0.25, 0.3) is 11.4 Å².